The van der Waals surface area contributed by atoms with Crippen molar-refractivity contribution in [3.63, 3.8) is 0 Å². The van der Waals surface area contributed by atoms with Crippen LogP contribution in [0.4, 0.5) is 13.2 Å². The summed E-state index contributed by atoms with van der Waals surface area (Å²) in [5.41, 5.74) is -0.762. The summed E-state index contributed by atoms with van der Waals surface area (Å²) < 4.78 is 102. The van der Waals surface area contributed by atoms with E-state index in [0.717, 1.165) is 22.5 Å². The first-order valence-electron chi connectivity index (χ1n) is 10.3. The first-order valence-corrected chi connectivity index (χ1v) is 13.5. The summed E-state index contributed by atoms with van der Waals surface area (Å²) >= 11 is 5.85. The van der Waals surface area contributed by atoms with E-state index < -0.39 is 36.8 Å². The lowest BCUT2D eigenvalue weighted by Gasteiger charge is -2.22. The van der Waals surface area contributed by atoms with E-state index in [4.69, 9.17) is 20.5 Å². The van der Waals surface area contributed by atoms with Crippen LogP contribution in [0.1, 0.15) is 11.1 Å². The summed E-state index contributed by atoms with van der Waals surface area (Å²) in [7, 11) is -7.15. The van der Waals surface area contributed by atoms with E-state index in [1.54, 1.807) is 6.07 Å². The smallest absolute Gasteiger partial charge is 0.383 e. The Bertz CT molecular complexity index is 1410. The number of halogens is 4. The van der Waals surface area contributed by atoms with Crippen LogP contribution < -0.4 is 4.18 Å². The Kier molecular flexibility index (Phi) is 8.67. The molecule has 0 fully saturated rings. The zero-order valence-electron chi connectivity index (χ0n) is 18.8. The summed E-state index contributed by atoms with van der Waals surface area (Å²) in [6, 6.07) is 14.4. The fraction of sp³-hybridized carbons (Fsp3) is 0.217. The molecule has 3 aromatic rings. The molecule has 0 saturated heterocycles. The van der Waals surface area contributed by atoms with Crippen LogP contribution in [-0.4, -0.2) is 41.4 Å². The Morgan fingerprint density at radius 3 is 2.19 bits per heavy atom. The fourth-order valence-corrected chi connectivity index (χ4v) is 5.64. The molecule has 194 valence electrons. The molecule has 3 aromatic carbocycles. The summed E-state index contributed by atoms with van der Waals surface area (Å²) in [5, 5.41) is 0.365. The summed E-state index contributed by atoms with van der Waals surface area (Å²) in [6.07, 6.45) is -4.73. The molecule has 0 radical (unpaired) electrons. The molecule has 13 heteroatoms. The van der Waals surface area contributed by atoms with Crippen molar-refractivity contribution >= 4 is 31.7 Å². The van der Waals surface area contributed by atoms with E-state index in [1.807, 2.05) is 0 Å². The molecule has 0 aliphatic carbocycles. The highest BCUT2D eigenvalue weighted by Gasteiger charge is 2.32. The second kappa shape index (κ2) is 11.2. The summed E-state index contributed by atoms with van der Waals surface area (Å²) in [4.78, 5) is -0.669. The predicted octanol–water partition coefficient (Wildman–Crippen LogP) is 4.96. The molecule has 0 saturated carbocycles. The van der Waals surface area contributed by atoms with Gasteiger partial charge in [-0.3, -0.25) is 0 Å². The molecule has 0 atom stereocenters. The van der Waals surface area contributed by atoms with Crippen LogP contribution in [0.15, 0.2) is 82.6 Å². The quantitative estimate of drug-likeness (QED) is 0.324. The average molecular weight is 564 g/mol. The van der Waals surface area contributed by atoms with Crippen molar-refractivity contribution in [2.45, 2.75) is 22.5 Å². The van der Waals surface area contributed by atoms with Crippen molar-refractivity contribution in [3.05, 3.63) is 88.9 Å². The lowest BCUT2D eigenvalue weighted by molar-refractivity contribution is -0.137. The van der Waals surface area contributed by atoms with Gasteiger partial charge >= 0.3 is 16.3 Å². The Morgan fingerprint density at radius 2 is 1.56 bits per heavy atom. The molecule has 3 rings (SSSR count). The molecule has 0 aromatic heterocycles. The van der Waals surface area contributed by atoms with Gasteiger partial charge < -0.3 is 8.92 Å². The largest absolute Gasteiger partial charge is 0.416 e. The maximum Gasteiger partial charge on any atom is 0.416 e. The number of hydrogen-bond acceptors (Lipinski definition) is 6. The molecule has 0 heterocycles. The van der Waals surface area contributed by atoms with Gasteiger partial charge in [-0.05, 0) is 60.2 Å². The predicted molar refractivity (Wildman–Crippen MR) is 127 cm³/mol. The topological polar surface area (TPSA) is 90.0 Å². The van der Waals surface area contributed by atoms with Crippen LogP contribution in [0.3, 0.4) is 0 Å². The van der Waals surface area contributed by atoms with Gasteiger partial charge in [0.25, 0.3) is 0 Å². The molecule has 0 aliphatic rings. The monoisotopic (exact) mass is 563 g/mol. The third kappa shape index (κ3) is 6.98. The van der Waals surface area contributed by atoms with Gasteiger partial charge in [-0.2, -0.15) is 25.9 Å². The van der Waals surface area contributed by atoms with E-state index in [0.29, 0.717) is 16.7 Å². The maximum atomic E-state index is 13.2. The highest BCUT2D eigenvalue weighted by molar-refractivity contribution is 7.89. The fourth-order valence-electron chi connectivity index (χ4n) is 3.13. The lowest BCUT2D eigenvalue weighted by Crippen LogP contribution is -2.33. The normalized spacial score (nSPS) is 12.6. The zero-order chi connectivity index (χ0) is 26.6. The summed E-state index contributed by atoms with van der Waals surface area (Å²) in [6.45, 7) is -0.0723. The van der Waals surface area contributed by atoms with E-state index in [9.17, 15) is 30.0 Å². The molecular weight excluding hydrogens is 543 g/mol. The number of methoxy groups -OCH3 is 1. The van der Waals surface area contributed by atoms with Crippen molar-refractivity contribution in [1.82, 2.24) is 4.31 Å². The molecule has 0 aliphatic heterocycles. The van der Waals surface area contributed by atoms with Crippen LogP contribution in [0.5, 0.6) is 5.75 Å². The maximum absolute atomic E-state index is 13.2. The van der Waals surface area contributed by atoms with Gasteiger partial charge in [0.15, 0.2) is 0 Å². The highest BCUT2D eigenvalue weighted by Crippen LogP contribution is 2.31. The Hall–Kier alpha value is -2.64. The van der Waals surface area contributed by atoms with Crippen LogP contribution >= 0.6 is 11.6 Å². The van der Waals surface area contributed by atoms with Gasteiger partial charge in [-0.1, -0.05) is 29.8 Å². The average Bonchev–Trinajstić information content (AvgIpc) is 2.81. The number of nitrogens with zero attached hydrogens (tertiary/aromatic N) is 1. The lowest BCUT2D eigenvalue weighted by atomic mass is 10.2. The Morgan fingerprint density at radius 1 is 0.889 bits per heavy atom. The Labute approximate surface area is 212 Å². The number of ether oxygens (including phenoxy) is 1. The molecule has 0 spiro atoms. The molecule has 0 N–H and O–H groups in total. The Balaban J connectivity index is 1.86. The molecule has 7 nitrogen and oxygen atoms in total. The third-order valence-corrected chi connectivity index (χ3v) is 8.26. The minimum absolute atomic E-state index is 0.00234. The van der Waals surface area contributed by atoms with E-state index >= 15 is 0 Å². The van der Waals surface area contributed by atoms with Crippen molar-refractivity contribution in [2.75, 3.05) is 20.3 Å². The SMILES string of the molecule is COCCN(Cc1cccc(OS(=O)(=O)c2cccc(C(F)(F)F)c2)c1)S(=O)(=O)c1ccc(Cl)cc1. The first kappa shape index (κ1) is 27.9. The molecule has 36 heavy (non-hydrogen) atoms. The first-order chi connectivity index (χ1) is 16.8. The van der Waals surface area contributed by atoms with Gasteiger partial charge in [0, 0.05) is 25.2 Å². The van der Waals surface area contributed by atoms with Crippen molar-refractivity contribution in [2.24, 2.45) is 0 Å². The second-order valence-corrected chi connectivity index (χ2v) is 11.4. The van der Waals surface area contributed by atoms with Gasteiger partial charge in [0.1, 0.15) is 10.6 Å². The van der Waals surface area contributed by atoms with Gasteiger partial charge in [-0.25, -0.2) is 8.42 Å². The van der Waals surface area contributed by atoms with E-state index in [2.05, 4.69) is 0 Å². The van der Waals surface area contributed by atoms with Gasteiger partial charge in [0.2, 0.25) is 10.0 Å². The number of rotatable bonds is 10. The van der Waals surface area contributed by atoms with Crippen LogP contribution in [0.25, 0.3) is 0 Å². The van der Waals surface area contributed by atoms with Crippen molar-refractivity contribution in [3.8, 4) is 5.75 Å². The number of benzene rings is 3. The van der Waals surface area contributed by atoms with E-state index in [1.165, 1.54) is 49.6 Å². The highest BCUT2D eigenvalue weighted by atomic mass is 35.5. The molecule has 0 amide bonds. The number of hydrogen-bond donors (Lipinski definition) is 0. The van der Waals surface area contributed by atoms with Crippen LogP contribution in [-0.2, 0) is 37.6 Å². The molecule has 0 unspecified atom stereocenters. The number of alkyl halides is 3. The minimum atomic E-state index is -4.73. The second-order valence-electron chi connectivity index (χ2n) is 7.50. The van der Waals surface area contributed by atoms with Crippen molar-refractivity contribution in [1.29, 1.82) is 0 Å². The third-order valence-electron chi connectivity index (χ3n) is 4.91. The molecule has 0 bridgehead atoms. The zero-order valence-corrected chi connectivity index (χ0v) is 21.2. The molecular formula is C23H21ClF3NO6S2. The van der Waals surface area contributed by atoms with Crippen LogP contribution in [0, 0.1) is 0 Å². The van der Waals surface area contributed by atoms with E-state index in [-0.39, 0.29) is 30.3 Å². The van der Waals surface area contributed by atoms with Gasteiger partial charge in [0.05, 0.1) is 17.1 Å². The van der Waals surface area contributed by atoms with Crippen LogP contribution in [0.2, 0.25) is 5.02 Å². The number of sulfonamides is 1. The standard InChI is InChI=1S/C23H21ClF3NO6S2/c1-33-13-12-28(35(29,30)21-10-8-19(24)9-11-21)16-17-4-2-6-20(14-17)34-36(31,32)22-7-3-5-18(15-22)23(25,26)27/h2-11,14-15H,12-13,16H2,1H3. The summed E-state index contributed by atoms with van der Waals surface area (Å²) in [5.74, 6) is -0.194. The van der Waals surface area contributed by atoms with Gasteiger partial charge in [-0.15, -0.1) is 0 Å². The van der Waals surface area contributed by atoms with Crippen molar-refractivity contribution < 1.29 is 38.9 Å². The minimum Gasteiger partial charge on any atom is -0.383 e.